The number of hydrogen-bond donors (Lipinski definition) is 1. The lowest BCUT2D eigenvalue weighted by atomic mass is 10.1. The van der Waals surface area contributed by atoms with Crippen LogP contribution >= 0.6 is 0 Å². The predicted molar refractivity (Wildman–Crippen MR) is 100 cm³/mol. The van der Waals surface area contributed by atoms with Gasteiger partial charge >= 0.3 is 0 Å². The fourth-order valence-corrected chi connectivity index (χ4v) is 2.47. The number of ketones is 1. The molecule has 0 aliphatic heterocycles. The van der Waals surface area contributed by atoms with E-state index in [1.54, 1.807) is 30.4 Å². The zero-order chi connectivity index (χ0) is 17.6. The SMILES string of the molecule is CCCCCCCCCC(=O)C=CC=Cc1ccc(O)c(OC)c1. The summed E-state index contributed by atoms with van der Waals surface area (Å²) >= 11 is 0. The minimum absolute atomic E-state index is 0.120. The molecule has 0 saturated heterocycles. The third-order valence-electron chi connectivity index (χ3n) is 3.91. The maximum absolute atomic E-state index is 11.8. The summed E-state index contributed by atoms with van der Waals surface area (Å²) in [5, 5.41) is 9.53. The standard InChI is InChI=1S/C21H30O3/c1-3-4-5-6-7-8-9-13-19(22)14-11-10-12-18-15-16-20(23)21(17-18)24-2/h10-12,14-17,23H,3-9,13H2,1-2H3. The Morgan fingerprint density at radius 3 is 2.50 bits per heavy atom. The first-order chi connectivity index (χ1) is 11.7. The normalized spacial score (nSPS) is 11.4. The number of methoxy groups -OCH3 is 1. The number of phenolic OH excluding ortho intramolecular Hbond substituents is 1. The van der Waals surface area contributed by atoms with Gasteiger partial charge in [0, 0.05) is 6.42 Å². The zero-order valence-corrected chi connectivity index (χ0v) is 15.0. The lowest BCUT2D eigenvalue weighted by Gasteiger charge is -2.03. The molecule has 1 aromatic carbocycles. The van der Waals surface area contributed by atoms with Crippen LogP contribution in [-0.4, -0.2) is 18.0 Å². The topological polar surface area (TPSA) is 46.5 Å². The number of carbonyl (C=O) groups excluding carboxylic acids is 1. The van der Waals surface area contributed by atoms with E-state index in [1.165, 1.54) is 39.2 Å². The van der Waals surface area contributed by atoms with Gasteiger partial charge in [0.15, 0.2) is 17.3 Å². The monoisotopic (exact) mass is 330 g/mol. The van der Waals surface area contributed by atoms with Crippen molar-refractivity contribution < 1.29 is 14.6 Å². The Bertz CT molecular complexity index is 544. The molecule has 0 radical (unpaired) electrons. The van der Waals surface area contributed by atoms with Gasteiger partial charge in [0.1, 0.15) is 0 Å². The number of carbonyl (C=O) groups is 1. The highest BCUT2D eigenvalue weighted by Gasteiger charge is 2.00. The van der Waals surface area contributed by atoms with Crippen molar-refractivity contribution in [2.75, 3.05) is 7.11 Å². The van der Waals surface area contributed by atoms with Crippen molar-refractivity contribution in [1.82, 2.24) is 0 Å². The van der Waals surface area contributed by atoms with Crippen LogP contribution in [0.15, 0.2) is 36.4 Å². The van der Waals surface area contributed by atoms with Crippen molar-refractivity contribution >= 4 is 11.9 Å². The average molecular weight is 330 g/mol. The largest absolute Gasteiger partial charge is 0.504 e. The van der Waals surface area contributed by atoms with Gasteiger partial charge in [-0.1, -0.05) is 69.7 Å². The molecule has 0 aliphatic carbocycles. The van der Waals surface area contributed by atoms with Crippen molar-refractivity contribution in [2.24, 2.45) is 0 Å². The summed E-state index contributed by atoms with van der Waals surface area (Å²) in [6.07, 6.45) is 16.3. The van der Waals surface area contributed by atoms with Gasteiger partial charge in [-0.3, -0.25) is 4.79 Å². The summed E-state index contributed by atoms with van der Waals surface area (Å²) in [6, 6.07) is 5.14. The number of unbranched alkanes of at least 4 members (excludes halogenated alkanes) is 6. The van der Waals surface area contributed by atoms with Gasteiger partial charge in [-0.15, -0.1) is 0 Å². The van der Waals surface area contributed by atoms with Crippen LogP contribution in [0.2, 0.25) is 0 Å². The lowest BCUT2D eigenvalue weighted by Crippen LogP contribution is -1.92. The second-order valence-corrected chi connectivity index (χ2v) is 5.99. The minimum Gasteiger partial charge on any atom is -0.504 e. The number of allylic oxidation sites excluding steroid dienone is 3. The van der Waals surface area contributed by atoms with Crippen molar-refractivity contribution in [1.29, 1.82) is 0 Å². The van der Waals surface area contributed by atoms with Crippen LogP contribution < -0.4 is 4.74 Å². The molecule has 0 aromatic heterocycles. The first kappa shape index (κ1) is 20.0. The van der Waals surface area contributed by atoms with Crippen LogP contribution in [0.1, 0.15) is 63.9 Å². The van der Waals surface area contributed by atoms with Crippen molar-refractivity contribution in [3.8, 4) is 11.5 Å². The average Bonchev–Trinajstić information content (AvgIpc) is 2.59. The molecule has 1 rings (SSSR count). The summed E-state index contributed by atoms with van der Waals surface area (Å²) in [7, 11) is 1.52. The van der Waals surface area contributed by atoms with Crippen LogP contribution in [-0.2, 0) is 4.79 Å². The molecule has 24 heavy (non-hydrogen) atoms. The lowest BCUT2D eigenvalue weighted by molar-refractivity contribution is -0.114. The highest BCUT2D eigenvalue weighted by molar-refractivity contribution is 5.89. The van der Waals surface area contributed by atoms with E-state index in [4.69, 9.17) is 4.74 Å². The van der Waals surface area contributed by atoms with E-state index in [0.717, 1.165) is 18.4 Å². The van der Waals surface area contributed by atoms with E-state index in [0.29, 0.717) is 12.2 Å². The van der Waals surface area contributed by atoms with Crippen LogP contribution in [0.25, 0.3) is 6.08 Å². The van der Waals surface area contributed by atoms with E-state index in [1.807, 2.05) is 12.2 Å². The van der Waals surface area contributed by atoms with Crippen molar-refractivity contribution in [2.45, 2.75) is 58.3 Å². The number of aromatic hydroxyl groups is 1. The van der Waals surface area contributed by atoms with Gasteiger partial charge in [0.2, 0.25) is 0 Å². The molecule has 3 nitrogen and oxygen atoms in total. The maximum Gasteiger partial charge on any atom is 0.161 e. The third-order valence-corrected chi connectivity index (χ3v) is 3.91. The van der Waals surface area contributed by atoms with E-state index < -0.39 is 0 Å². The molecule has 0 unspecified atom stereocenters. The summed E-state index contributed by atoms with van der Waals surface area (Å²) in [5.74, 6) is 0.739. The number of hydrogen-bond acceptors (Lipinski definition) is 3. The van der Waals surface area contributed by atoms with Gasteiger partial charge in [0.25, 0.3) is 0 Å². The van der Waals surface area contributed by atoms with E-state index >= 15 is 0 Å². The van der Waals surface area contributed by atoms with Crippen LogP contribution in [0.5, 0.6) is 11.5 Å². The molecule has 0 saturated carbocycles. The molecule has 0 spiro atoms. The van der Waals surface area contributed by atoms with E-state index in [9.17, 15) is 9.90 Å². The number of ether oxygens (including phenoxy) is 1. The number of benzene rings is 1. The summed E-state index contributed by atoms with van der Waals surface area (Å²) in [5.41, 5.74) is 0.911. The molecule has 0 fully saturated rings. The van der Waals surface area contributed by atoms with Crippen LogP contribution in [0.3, 0.4) is 0 Å². The Morgan fingerprint density at radius 2 is 1.79 bits per heavy atom. The van der Waals surface area contributed by atoms with Gasteiger partial charge in [-0.25, -0.2) is 0 Å². The molecule has 0 atom stereocenters. The van der Waals surface area contributed by atoms with Crippen LogP contribution in [0.4, 0.5) is 0 Å². The van der Waals surface area contributed by atoms with Gasteiger partial charge < -0.3 is 9.84 Å². The van der Waals surface area contributed by atoms with Gasteiger partial charge in [-0.2, -0.15) is 0 Å². The predicted octanol–water partition coefficient (Wildman–Crippen LogP) is 5.68. The first-order valence-corrected chi connectivity index (χ1v) is 8.92. The first-order valence-electron chi connectivity index (χ1n) is 8.92. The zero-order valence-electron chi connectivity index (χ0n) is 15.0. The van der Waals surface area contributed by atoms with Gasteiger partial charge in [0.05, 0.1) is 7.11 Å². The third kappa shape index (κ3) is 8.56. The minimum atomic E-state index is 0.120. The van der Waals surface area contributed by atoms with Crippen molar-refractivity contribution in [3.63, 3.8) is 0 Å². The quantitative estimate of drug-likeness (QED) is 0.305. The molecule has 1 aromatic rings. The molecule has 0 amide bonds. The highest BCUT2D eigenvalue weighted by atomic mass is 16.5. The molecular formula is C21H30O3. The fraction of sp³-hybridized carbons (Fsp3) is 0.476. The molecule has 1 N–H and O–H groups in total. The molecule has 0 bridgehead atoms. The number of phenols is 1. The Kier molecular flexibility index (Phi) is 10.3. The highest BCUT2D eigenvalue weighted by Crippen LogP contribution is 2.26. The summed E-state index contributed by atoms with van der Waals surface area (Å²) in [4.78, 5) is 11.8. The smallest absolute Gasteiger partial charge is 0.161 e. The number of rotatable bonds is 12. The van der Waals surface area contributed by atoms with Crippen molar-refractivity contribution in [3.05, 3.63) is 42.0 Å². The van der Waals surface area contributed by atoms with E-state index in [2.05, 4.69) is 6.92 Å². The Labute approximate surface area is 146 Å². The molecule has 0 aliphatic rings. The molecule has 0 heterocycles. The Balaban J connectivity index is 2.25. The fourth-order valence-electron chi connectivity index (χ4n) is 2.47. The van der Waals surface area contributed by atoms with Gasteiger partial charge in [-0.05, 0) is 30.2 Å². The molecule has 3 heteroatoms. The summed E-state index contributed by atoms with van der Waals surface area (Å²) < 4.78 is 5.06. The maximum atomic E-state index is 11.8. The van der Waals surface area contributed by atoms with E-state index in [-0.39, 0.29) is 11.5 Å². The Hall–Kier alpha value is -2.03. The molecule has 132 valence electrons. The molecular weight excluding hydrogens is 300 g/mol. The summed E-state index contributed by atoms with van der Waals surface area (Å²) in [6.45, 7) is 2.22. The second-order valence-electron chi connectivity index (χ2n) is 5.99. The Morgan fingerprint density at radius 1 is 1.08 bits per heavy atom. The van der Waals surface area contributed by atoms with Crippen LogP contribution in [0, 0.1) is 0 Å². The second kappa shape index (κ2) is 12.4.